The maximum absolute atomic E-state index is 14.5. The summed E-state index contributed by atoms with van der Waals surface area (Å²) in [5.74, 6) is 0.842. The molecule has 35 heavy (non-hydrogen) atoms. The number of rotatable bonds is 6. The number of hydrogen-bond donors (Lipinski definition) is 0. The van der Waals surface area contributed by atoms with Gasteiger partial charge < -0.3 is 14.4 Å². The van der Waals surface area contributed by atoms with Gasteiger partial charge in [0.15, 0.2) is 11.5 Å². The number of ether oxygens (including phenoxy) is 2. The molecule has 1 aliphatic rings. The van der Waals surface area contributed by atoms with Crippen LogP contribution in [0, 0.1) is 5.82 Å². The lowest BCUT2D eigenvalue weighted by atomic mass is 10.0. The number of carbonyl (C=O) groups excluding carboxylic acids is 1. The van der Waals surface area contributed by atoms with Crippen molar-refractivity contribution in [3.05, 3.63) is 85.4 Å². The first-order valence-electron chi connectivity index (χ1n) is 11.5. The van der Waals surface area contributed by atoms with Gasteiger partial charge in [0.25, 0.3) is 0 Å². The van der Waals surface area contributed by atoms with Gasteiger partial charge >= 0.3 is 0 Å². The SMILES string of the molecule is C=CC(=O)N1CCCC[C@H]1c1nc(-c2ccc(Oc3cccc(OC)c3F)cc2)c2cnccn12. The highest BCUT2D eigenvalue weighted by molar-refractivity contribution is 5.87. The second kappa shape index (κ2) is 9.58. The zero-order valence-electron chi connectivity index (χ0n) is 19.4. The number of likely N-dealkylation sites (tertiary alicyclic amines) is 1. The lowest BCUT2D eigenvalue weighted by molar-refractivity contribution is -0.129. The monoisotopic (exact) mass is 472 g/mol. The second-order valence-electron chi connectivity index (χ2n) is 8.30. The van der Waals surface area contributed by atoms with Crippen molar-refractivity contribution in [1.29, 1.82) is 0 Å². The Morgan fingerprint density at radius 2 is 1.97 bits per heavy atom. The molecule has 0 spiro atoms. The Kier molecular flexibility index (Phi) is 6.18. The van der Waals surface area contributed by atoms with E-state index < -0.39 is 5.82 Å². The third kappa shape index (κ3) is 4.23. The molecule has 0 N–H and O–H groups in total. The maximum atomic E-state index is 14.5. The number of methoxy groups -OCH3 is 1. The van der Waals surface area contributed by atoms with E-state index in [1.54, 1.807) is 36.7 Å². The van der Waals surface area contributed by atoms with Gasteiger partial charge in [-0.3, -0.25) is 14.2 Å². The van der Waals surface area contributed by atoms with Crippen molar-refractivity contribution in [3.63, 3.8) is 0 Å². The van der Waals surface area contributed by atoms with Crippen molar-refractivity contribution in [2.75, 3.05) is 13.7 Å². The molecule has 2 aromatic heterocycles. The highest BCUT2D eigenvalue weighted by Gasteiger charge is 2.31. The van der Waals surface area contributed by atoms with Crippen LogP contribution in [0.1, 0.15) is 31.1 Å². The average molecular weight is 473 g/mol. The van der Waals surface area contributed by atoms with E-state index in [4.69, 9.17) is 14.5 Å². The van der Waals surface area contributed by atoms with Gasteiger partial charge in [-0.15, -0.1) is 0 Å². The zero-order chi connectivity index (χ0) is 24.4. The van der Waals surface area contributed by atoms with Crippen LogP contribution in [0.3, 0.4) is 0 Å². The molecule has 1 atom stereocenters. The zero-order valence-corrected chi connectivity index (χ0v) is 19.4. The summed E-state index contributed by atoms with van der Waals surface area (Å²) in [6.07, 6.45) is 9.53. The fourth-order valence-electron chi connectivity index (χ4n) is 4.53. The van der Waals surface area contributed by atoms with Crippen molar-refractivity contribution in [3.8, 4) is 28.5 Å². The van der Waals surface area contributed by atoms with Crippen molar-refractivity contribution in [1.82, 2.24) is 19.3 Å². The molecule has 0 aliphatic carbocycles. The number of carbonyl (C=O) groups is 1. The molecule has 5 rings (SSSR count). The van der Waals surface area contributed by atoms with Crippen LogP contribution in [0.4, 0.5) is 4.39 Å². The Bertz CT molecular complexity index is 1380. The first-order chi connectivity index (χ1) is 17.1. The third-order valence-electron chi connectivity index (χ3n) is 6.24. The molecule has 0 unspecified atom stereocenters. The number of amides is 1. The van der Waals surface area contributed by atoms with E-state index in [2.05, 4.69) is 11.6 Å². The summed E-state index contributed by atoms with van der Waals surface area (Å²) in [4.78, 5) is 23.6. The van der Waals surface area contributed by atoms with Crippen LogP contribution >= 0.6 is 0 Å². The summed E-state index contributed by atoms with van der Waals surface area (Å²) in [6, 6.07) is 11.9. The maximum Gasteiger partial charge on any atom is 0.246 e. The Balaban J connectivity index is 1.49. The fraction of sp³-hybridized carbons (Fsp3) is 0.222. The number of piperidine rings is 1. The van der Waals surface area contributed by atoms with Crippen LogP contribution < -0.4 is 9.47 Å². The van der Waals surface area contributed by atoms with Crippen molar-refractivity contribution < 1.29 is 18.7 Å². The molecular formula is C27H25FN4O3. The van der Waals surface area contributed by atoms with Crippen molar-refractivity contribution in [2.24, 2.45) is 0 Å². The quantitative estimate of drug-likeness (QED) is 0.343. The summed E-state index contributed by atoms with van der Waals surface area (Å²) in [7, 11) is 1.41. The molecule has 0 bridgehead atoms. The summed E-state index contributed by atoms with van der Waals surface area (Å²) in [6.45, 7) is 4.34. The average Bonchev–Trinajstić information content (AvgIpc) is 3.29. The minimum Gasteiger partial charge on any atom is -0.494 e. The van der Waals surface area contributed by atoms with Crippen LogP contribution in [-0.4, -0.2) is 38.8 Å². The molecule has 1 amide bonds. The third-order valence-corrected chi connectivity index (χ3v) is 6.24. The summed E-state index contributed by atoms with van der Waals surface area (Å²) >= 11 is 0. The highest BCUT2D eigenvalue weighted by atomic mass is 19.1. The Labute approximate surface area is 202 Å². The van der Waals surface area contributed by atoms with Gasteiger partial charge in [0.05, 0.1) is 30.6 Å². The number of halogens is 1. The van der Waals surface area contributed by atoms with Gasteiger partial charge in [0, 0.05) is 24.5 Å². The van der Waals surface area contributed by atoms with E-state index >= 15 is 0 Å². The van der Waals surface area contributed by atoms with Crippen molar-refractivity contribution in [2.45, 2.75) is 25.3 Å². The van der Waals surface area contributed by atoms with Crippen LogP contribution in [-0.2, 0) is 4.79 Å². The van der Waals surface area contributed by atoms with E-state index in [-0.39, 0.29) is 23.4 Å². The lowest BCUT2D eigenvalue weighted by Gasteiger charge is -2.34. The summed E-state index contributed by atoms with van der Waals surface area (Å²) < 4.78 is 27.2. The first kappa shape index (κ1) is 22.6. The first-order valence-corrected chi connectivity index (χ1v) is 11.5. The number of fused-ring (bicyclic) bond motifs is 1. The lowest BCUT2D eigenvalue weighted by Crippen LogP contribution is -2.38. The molecule has 3 heterocycles. The number of nitrogens with zero attached hydrogens (tertiary/aromatic N) is 4. The van der Waals surface area contributed by atoms with Gasteiger partial charge in [0.1, 0.15) is 11.6 Å². The van der Waals surface area contributed by atoms with Gasteiger partial charge in [-0.05, 0) is 61.7 Å². The largest absolute Gasteiger partial charge is 0.494 e. The molecule has 7 nitrogen and oxygen atoms in total. The standard InChI is InChI=1S/C27H25FN4O3/c1-3-24(33)31-15-5-4-7-20(31)27-30-26(21-17-29-14-16-32(21)27)18-10-12-19(13-11-18)35-23-9-6-8-22(34-2)25(23)28/h3,6,8-14,16-17,20H,1,4-5,7,15H2,2H3/t20-/m0/s1. The molecule has 0 saturated carbocycles. The molecular weight excluding hydrogens is 447 g/mol. The number of aromatic nitrogens is 3. The number of hydrogen-bond acceptors (Lipinski definition) is 5. The van der Waals surface area contributed by atoms with Gasteiger partial charge in [-0.25, -0.2) is 4.98 Å². The topological polar surface area (TPSA) is 69.0 Å². The van der Waals surface area contributed by atoms with Crippen LogP contribution in [0.15, 0.2) is 73.7 Å². The Hall–Kier alpha value is -4.20. The second-order valence-corrected chi connectivity index (χ2v) is 8.30. The molecule has 1 aliphatic heterocycles. The van der Waals surface area contributed by atoms with Gasteiger partial charge in [-0.2, -0.15) is 4.39 Å². The highest BCUT2D eigenvalue weighted by Crippen LogP contribution is 2.35. The Morgan fingerprint density at radius 1 is 1.17 bits per heavy atom. The fourth-order valence-corrected chi connectivity index (χ4v) is 4.53. The van der Waals surface area contributed by atoms with E-state index in [1.807, 2.05) is 27.6 Å². The molecule has 8 heteroatoms. The molecule has 2 aromatic carbocycles. The molecule has 1 fully saturated rings. The van der Waals surface area contributed by atoms with Gasteiger partial charge in [-0.1, -0.05) is 12.6 Å². The van der Waals surface area contributed by atoms with E-state index in [1.165, 1.54) is 19.3 Å². The minimum absolute atomic E-state index is 0.0836. The molecule has 0 radical (unpaired) electrons. The van der Waals surface area contributed by atoms with E-state index in [0.717, 1.165) is 41.9 Å². The van der Waals surface area contributed by atoms with Gasteiger partial charge in [0.2, 0.25) is 11.7 Å². The predicted octanol–water partition coefficient (Wildman–Crippen LogP) is 5.58. The number of benzene rings is 2. The van der Waals surface area contributed by atoms with Crippen LogP contribution in [0.25, 0.3) is 16.8 Å². The minimum atomic E-state index is -0.555. The normalized spacial score (nSPS) is 15.7. The smallest absolute Gasteiger partial charge is 0.246 e. The van der Waals surface area contributed by atoms with E-state index in [0.29, 0.717) is 12.3 Å². The summed E-state index contributed by atoms with van der Waals surface area (Å²) in [5, 5.41) is 0. The van der Waals surface area contributed by atoms with Crippen LogP contribution in [0.5, 0.6) is 17.2 Å². The molecule has 178 valence electrons. The summed E-state index contributed by atoms with van der Waals surface area (Å²) in [5.41, 5.74) is 2.45. The number of imidazole rings is 1. The van der Waals surface area contributed by atoms with Crippen molar-refractivity contribution >= 4 is 11.4 Å². The van der Waals surface area contributed by atoms with E-state index in [9.17, 15) is 9.18 Å². The predicted molar refractivity (Wildman–Crippen MR) is 130 cm³/mol. The molecule has 1 saturated heterocycles. The molecule has 4 aromatic rings. The Morgan fingerprint density at radius 3 is 2.74 bits per heavy atom. The van der Waals surface area contributed by atoms with Crippen LogP contribution in [0.2, 0.25) is 0 Å².